The zero-order valence-corrected chi connectivity index (χ0v) is 28.5. The van der Waals surface area contributed by atoms with Crippen molar-refractivity contribution in [1.29, 1.82) is 0 Å². The molecule has 246 valence electrons. The Morgan fingerprint density at radius 3 is 2.36 bits per heavy atom. The monoisotopic (exact) mass is 615 g/mol. The van der Waals surface area contributed by atoms with E-state index in [4.69, 9.17) is 0 Å². The number of hydrogen-bond donors (Lipinski definition) is 2. The summed E-state index contributed by atoms with van der Waals surface area (Å²) in [7, 11) is 2.17. The fourth-order valence-corrected chi connectivity index (χ4v) is 12.8. The van der Waals surface area contributed by atoms with E-state index in [-0.39, 0.29) is 17.0 Å². The van der Waals surface area contributed by atoms with Crippen LogP contribution >= 0.6 is 0 Å². The molecule has 7 unspecified atom stereocenters. The molecule has 6 heteroatoms. The first-order chi connectivity index (χ1) is 21.4. The minimum Gasteiger partial charge on any atom is -0.478 e. The lowest BCUT2D eigenvalue weighted by Crippen LogP contribution is -2.67. The average Bonchev–Trinajstić information content (AvgIpc) is 3.30. The molecule has 0 radical (unpaired) electrons. The summed E-state index contributed by atoms with van der Waals surface area (Å²) in [5.41, 5.74) is 3.84. The van der Waals surface area contributed by atoms with E-state index in [1.54, 1.807) is 12.1 Å². The molecule has 1 aromatic rings. The van der Waals surface area contributed by atoms with Gasteiger partial charge >= 0.3 is 12.0 Å². The second kappa shape index (κ2) is 11.1. The number of urea groups is 1. The Bertz CT molecular complexity index is 1360. The van der Waals surface area contributed by atoms with Crippen LogP contribution in [-0.4, -0.2) is 65.7 Å². The van der Waals surface area contributed by atoms with Crippen molar-refractivity contribution >= 4 is 17.6 Å². The van der Waals surface area contributed by atoms with Gasteiger partial charge in [-0.1, -0.05) is 52.3 Å². The zero-order chi connectivity index (χ0) is 31.8. The Hall–Kier alpha value is -2.34. The number of aromatic carboxylic acids is 1. The highest BCUT2D eigenvalue weighted by Gasteiger charge is 2.68. The second-order valence-corrected chi connectivity index (χ2v) is 17.0. The minimum atomic E-state index is -0.860. The Labute approximate surface area is 271 Å². The number of carbonyl (C=O) groups is 2. The lowest BCUT2D eigenvalue weighted by Gasteiger charge is -2.71. The van der Waals surface area contributed by atoms with Crippen molar-refractivity contribution in [1.82, 2.24) is 15.1 Å². The van der Waals surface area contributed by atoms with E-state index in [1.807, 2.05) is 12.1 Å². The van der Waals surface area contributed by atoms with Gasteiger partial charge in [-0.15, -0.1) is 0 Å². The summed E-state index contributed by atoms with van der Waals surface area (Å²) in [5.74, 6) is 2.25. The fourth-order valence-electron chi connectivity index (χ4n) is 12.8. The van der Waals surface area contributed by atoms with Gasteiger partial charge < -0.3 is 20.2 Å². The highest BCUT2D eigenvalue weighted by Crippen LogP contribution is 2.75. The number of carbonyl (C=O) groups excluding carboxylic acids is 1. The van der Waals surface area contributed by atoms with Gasteiger partial charge in [-0.2, -0.15) is 0 Å². The largest absolute Gasteiger partial charge is 0.478 e. The number of fused-ring (bicyclic) bond motifs is 7. The first kappa shape index (κ1) is 31.3. The summed E-state index contributed by atoms with van der Waals surface area (Å²) in [4.78, 5) is 29.7. The van der Waals surface area contributed by atoms with Crippen molar-refractivity contribution in [3.63, 3.8) is 0 Å². The summed E-state index contributed by atoms with van der Waals surface area (Å²) in [5, 5.41) is 13.2. The van der Waals surface area contributed by atoms with Crippen LogP contribution in [0.4, 0.5) is 4.79 Å². The molecule has 1 aromatic carbocycles. The molecule has 2 N–H and O–H groups in total. The van der Waals surface area contributed by atoms with Crippen molar-refractivity contribution in [2.45, 2.75) is 104 Å². The Balaban J connectivity index is 1.12. The molecule has 5 fully saturated rings. The molecular weight excluding hydrogens is 558 g/mol. The Kier molecular flexibility index (Phi) is 7.73. The highest BCUT2D eigenvalue weighted by atomic mass is 16.4. The van der Waals surface area contributed by atoms with Crippen LogP contribution in [0.2, 0.25) is 0 Å². The first-order valence-corrected chi connectivity index (χ1v) is 18.2. The number of carboxylic acid groups (broad SMARTS) is 1. The van der Waals surface area contributed by atoms with Crippen LogP contribution in [0.5, 0.6) is 0 Å². The Morgan fingerprint density at radius 2 is 1.60 bits per heavy atom. The van der Waals surface area contributed by atoms with Crippen LogP contribution in [0.3, 0.4) is 0 Å². The van der Waals surface area contributed by atoms with E-state index >= 15 is 0 Å². The molecule has 4 saturated carbocycles. The molecule has 1 heterocycles. The van der Waals surface area contributed by atoms with Crippen LogP contribution in [0.1, 0.15) is 114 Å². The molecule has 1 aliphatic heterocycles. The smallest absolute Gasteiger partial charge is 0.335 e. The number of allylic oxidation sites excluding steroid dienone is 2. The van der Waals surface area contributed by atoms with E-state index in [0.29, 0.717) is 46.0 Å². The van der Waals surface area contributed by atoms with Crippen LogP contribution < -0.4 is 5.32 Å². The normalized spacial score (nSPS) is 43.2. The van der Waals surface area contributed by atoms with Crippen LogP contribution in [0.25, 0.3) is 5.57 Å². The van der Waals surface area contributed by atoms with Gasteiger partial charge in [0, 0.05) is 25.2 Å². The molecule has 0 bridgehead atoms. The molecule has 9 atom stereocenters. The highest BCUT2D eigenvalue weighted by molar-refractivity contribution is 5.88. The summed E-state index contributed by atoms with van der Waals surface area (Å²) < 4.78 is 0. The molecule has 6 aliphatic rings. The quantitative estimate of drug-likeness (QED) is 0.362. The number of rotatable bonds is 3. The van der Waals surface area contributed by atoms with Gasteiger partial charge in [0.25, 0.3) is 0 Å². The lowest BCUT2D eigenvalue weighted by molar-refractivity contribution is -0.210. The van der Waals surface area contributed by atoms with Crippen molar-refractivity contribution in [2.24, 2.45) is 45.8 Å². The second-order valence-electron chi connectivity index (χ2n) is 17.0. The number of nitrogens with one attached hydrogen (secondary N) is 1. The first-order valence-electron chi connectivity index (χ1n) is 18.2. The fraction of sp³-hybridized carbons (Fsp3) is 0.744. The van der Waals surface area contributed by atoms with Gasteiger partial charge in [0.2, 0.25) is 0 Å². The molecule has 6 nitrogen and oxygen atoms in total. The molecular formula is C39H57N3O3. The van der Waals surface area contributed by atoms with Gasteiger partial charge in [0.05, 0.1) is 5.56 Å². The van der Waals surface area contributed by atoms with Crippen LogP contribution in [-0.2, 0) is 0 Å². The topological polar surface area (TPSA) is 72.9 Å². The molecule has 7 rings (SSSR count). The van der Waals surface area contributed by atoms with Gasteiger partial charge in [-0.3, -0.25) is 0 Å². The zero-order valence-electron chi connectivity index (χ0n) is 28.5. The van der Waals surface area contributed by atoms with Crippen molar-refractivity contribution in [3.8, 4) is 0 Å². The van der Waals surface area contributed by atoms with Crippen molar-refractivity contribution < 1.29 is 14.7 Å². The third-order valence-corrected chi connectivity index (χ3v) is 15.4. The third-order valence-electron chi connectivity index (χ3n) is 15.4. The van der Waals surface area contributed by atoms with E-state index in [1.165, 1.54) is 56.1 Å². The van der Waals surface area contributed by atoms with Crippen LogP contribution in [0, 0.1) is 45.8 Å². The maximum Gasteiger partial charge on any atom is 0.335 e. The molecule has 1 saturated heterocycles. The Morgan fingerprint density at radius 1 is 0.822 bits per heavy atom. The van der Waals surface area contributed by atoms with Crippen molar-refractivity contribution in [2.75, 3.05) is 33.2 Å². The van der Waals surface area contributed by atoms with Crippen molar-refractivity contribution in [3.05, 3.63) is 41.5 Å². The minimum absolute atomic E-state index is 0.0169. The molecule has 5 aliphatic carbocycles. The number of hydrogen-bond acceptors (Lipinski definition) is 3. The van der Waals surface area contributed by atoms with Crippen LogP contribution in [0.15, 0.2) is 30.3 Å². The van der Waals surface area contributed by atoms with E-state index in [0.717, 1.165) is 51.9 Å². The molecule has 45 heavy (non-hydrogen) atoms. The van der Waals surface area contributed by atoms with Gasteiger partial charge in [0.1, 0.15) is 0 Å². The number of carboxylic acids is 1. The SMILES string of the molecule is CC1C(c2ccc(C(=O)O)cc2)=CCC2(C)C1CCC1(C)C2CCC2C3CCC[C@]3(NC(=O)N3CCCN(C)CC3)CC[C@]21C. The molecule has 0 spiro atoms. The summed E-state index contributed by atoms with van der Waals surface area (Å²) >= 11 is 0. The summed E-state index contributed by atoms with van der Waals surface area (Å²) in [6.45, 7) is 14.2. The standard InChI is InChI=1S/C39H57N3O3/c1-26-29(27-9-11-28(12-10-27)34(43)44)15-18-36(2)30(26)16-19-38(4)33(36)14-13-31-32-8-6-17-39(32,21-20-37(31,38)3)40-35(45)42-23-7-22-41(5)24-25-42/h9-12,15,26,30-33H,6-8,13-14,16-25H2,1-5H3,(H,40,45)(H,43,44)/t26?,30?,31?,32?,33?,36?,37-,38?,39+/m1/s1. The van der Waals surface area contributed by atoms with Gasteiger partial charge in [0.15, 0.2) is 0 Å². The number of likely N-dealkylation sites (N-methyl/N-ethyl adjacent to an activating group) is 1. The predicted octanol–water partition coefficient (Wildman–Crippen LogP) is 7.94. The summed E-state index contributed by atoms with van der Waals surface area (Å²) in [6, 6.07) is 7.77. The number of benzene rings is 1. The third kappa shape index (κ3) is 4.73. The molecule has 0 aromatic heterocycles. The number of amides is 2. The predicted molar refractivity (Wildman–Crippen MR) is 180 cm³/mol. The molecule has 2 amide bonds. The summed E-state index contributed by atoms with van der Waals surface area (Å²) in [6.07, 6.45) is 15.9. The lowest BCUT2D eigenvalue weighted by atomic mass is 9.34. The van der Waals surface area contributed by atoms with Gasteiger partial charge in [-0.05, 0) is 147 Å². The number of nitrogens with zero attached hydrogens (tertiary/aromatic N) is 2. The van der Waals surface area contributed by atoms with E-state index < -0.39 is 5.97 Å². The average molecular weight is 616 g/mol. The maximum absolute atomic E-state index is 13.8. The van der Waals surface area contributed by atoms with E-state index in [2.05, 4.69) is 55.9 Å². The maximum atomic E-state index is 13.8. The van der Waals surface area contributed by atoms with E-state index in [9.17, 15) is 14.7 Å². The van der Waals surface area contributed by atoms with Gasteiger partial charge in [-0.25, -0.2) is 9.59 Å².